The molecule has 5 heteroatoms. The third-order valence-electron chi connectivity index (χ3n) is 2.71. The molecule has 1 atom stereocenters. The van der Waals surface area contributed by atoms with Gasteiger partial charge in [-0.1, -0.05) is 0 Å². The molecule has 0 aliphatic carbocycles. The quantitative estimate of drug-likeness (QED) is 0.661. The number of β-amino-alcohol motifs (C(OH)–C–C–N with tert-alkyl or cyclic N) is 1. The number of aryl methyl sites for hydroxylation is 1. The number of aromatic nitrogens is 2. The average Bonchev–Trinajstić information content (AvgIpc) is 2.73. The molecule has 0 aromatic carbocycles. The van der Waals surface area contributed by atoms with Crippen molar-refractivity contribution in [3.05, 3.63) is 12.4 Å². The third-order valence-corrected chi connectivity index (χ3v) is 2.71. The summed E-state index contributed by atoms with van der Waals surface area (Å²) >= 11 is 0. The van der Waals surface area contributed by atoms with Gasteiger partial charge < -0.3 is 19.7 Å². The van der Waals surface area contributed by atoms with Crippen LogP contribution < -0.4 is 4.90 Å². The van der Waals surface area contributed by atoms with Crippen molar-refractivity contribution in [3.8, 4) is 0 Å². The van der Waals surface area contributed by atoms with Crippen molar-refractivity contribution in [3.63, 3.8) is 0 Å². The molecule has 1 aromatic rings. The maximum absolute atomic E-state index is 9.83. The van der Waals surface area contributed by atoms with Crippen LogP contribution in [0.5, 0.6) is 0 Å². The normalized spacial score (nSPS) is 27.2. The Hall–Kier alpha value is -1.07. The van der Waals surface area contributed by atoms with Gasteiger partial charge in [-0.25, -0.2) is 4.98 Å². The molecule has 14 heavy (non-hydrogen) atoms. The standard InChI is InChI=1S/C9H15N3O2/c1-11-5-3-10-8(11)12-4-2-9(14,6-12)7-13/h3,5,13-14H,2,4,6-7H2,1H3. The summed E-state index contributed by atoms with van der Waals surface area (Å²) in [5, 5.41) is 18.8. The monoisotopic (exact) mass is 197 g/mol. The van der Waals surface area contributed by atoms with E-state index in [4.69, 9.17) is 5.11 Å². The van der Waals surface area contributed by atoms with Gasteiger partial charge in [-0.2, -0.15) is 0 Å². The van der Waals surface area contributed by atoms with Gasteiger partial charge in [0.25, 0.3) is 0 Å². The number of imidazole rings is 1. The van der Waals surface area contributed by atoms with E-state index in [1.54, 1.807) is 6.20 Å². The number of aliphatic hydroxyl groups is 2. The fraction of sp³-hybridized carbons (Fsp3) is 0.667. The first-order valence-corrected chi connectivity index (χ1v) is 4.70. The van der Waals surface area contributed by atoms with E-state index in [0.29, 0.717) is 13.0 Å². The van der Waals surface area contributed by atoms with E-state index in [0.717, 1.165) is 12.5 Å². The van der Waals surface area contributed by atoms with E-state index in [1.807, 2.05) is 22.7 Å². The van der Waals surface area contributed by atoms with Gasteiger partial charge in [0.05, 0.1) is 13.2 Å². The Bertz CT molecular complexity index is 326. The Morgan fingerprint density at radius 3 is 2.93 bits per heavy atom. The zero-order chi connectivity index (χ0) is 10.2. The highest BCUT2D eigenvalue weighted by Crippen LogP contribution is 2.24. The van der Waals surface area contributed by atoms with E-state index in [1.165, 1.54) is 0 Å². The lowest BCUT2D eigenvalue weighted by atomic mass is 10.1. The first kappa shape index (κ1) is 9.48. The lowest BCUT2D eigenvalue weighted by molar-refractivity contribution is 0.00468. The van der Waals surface area contributed by atoms with Crippen LogP contribution in [-0.2, 0) is 7.05 Å². The van der Waals surface area contributed by atoms with Gasteiger partial charge in [0, 0.05) is 26.0 Å². The molecule has 0 amide bonds. The Morgan fingerprint density at radius 2 is 2.43 bits per heavy atom. The summed E-state index contributed by atoms with van der Waals surface area (Å²) in [6.45, 7) is 1.00. The molecule has 1 unspecified atom stereocenters. The van der Waals surface area contributed by atoms with Crippen molar-refractivity contribution in [2.75, 3.05) is 24.6 Å². The summed E-state index contributed by atoms with van der Waals surface area (Å²) in [6.07, 6.45) is 4.19. The Labute approximate surface area is 82.6 Å². The predicted molar refractivity (Wildman–Crippen MR) is 52.1 cm³/mol. The topological polar surface area (TPSA) is 61.5 Å². The molecule has 0 bridgehead atoms. The SMILES string of the molecule is Cn1ccnc1N1CCC(O)(CO)C1. The summed E-state index contributed by atoms with van der Waals surface area (Å²) in [4.78, 5) is 6.18. The molecule has 2 N–H and O–H groups in total. The summed E-state index contributed by atoms with van der Waals surface area (Å²) in [5.74, 6) is 0.842. The van der Waals surface area contributed by atoms with E-state index in [2.05, 4.69) is 4.98 Å². The smallest absolute Gasteiger partial charge is 0.205 e. The maximum Gasteiger partial charge on any atom is 0.205 e. The highest BCUT2D eigenvalue weighted by atomic mass is 16.3. The molecule has 78 valence electrons. The maximum atomic E-state index is 9.83. The molecule has 0 radical (unpaired) electrons. The molecular formula is C9H15N3O2. The van der Waals surface area contributed by atoms with Crippen molar-refractivity contribution in [1.82, 2.24) is 9.55 Å². The second kappa shape index (κ2) is 3.25. The summed E-state index contributed by atoms with van der Waals surface area (Å²) in [5.41, 5.74) is -0.952. The number of nitrogens with zero attached hydrogens (tertiary/aromatic N) is 3. The molecule has 2 heterocycles. The fourth-order valence-electron chi connectivity index (χ4n) is 1.82. The minimum absolute atomic E-state index is 0.187. The van der Waals surface area contributed by atoms with E-state index in [-0.39, 0.29) is 6.61 Å². The molecule has 1 aromatic heterocycles. The predicted octanol–water partition coefficient (Wildman–Crippen LogP) is -0.646. The van der Waals surface area contributed by atoms with Crippen LogP contribution in [0.4, 0.5) is 5.95 Å². The summed E-state index contributed by atoms with van der Waals surface area (Å²) in [6, 6.07) is 0. The largest absolute Gasteiger partial charge is 0.393 e. The number of hydrogen-bond donors (Lipinski definition) is 2. The second-order valence-electron chi connectivity index (χ2n) is 3.89. The van der Waals surface area contributed by atoms with Crippen molar-refractivity contribution >= 4 is 5.95 Å². The molecule has 1 saturated heterocycles. The van der Waals surface area contributed by atoms with Gasteiger partial charge in [0.15, 0.2) is 0 Å². The lowest BCUT2D eigenvalue weighted by Gasteiger charge is -2.21. The van der Waals surface area contributed by atoms with Gasteiger partial charge in [-0.15, -0.1) is 0 Å². The van der Waals surface area contributed by atoms with Crippen molar-refractivity contribution in [2.45, 2.75) is 12.0 Å². The van der Waals surface area contributed by atoms with Gasteiger partial charge in [-0.05, 0) is 6.42 Å². The summed E-state index contributed by atoms with van der Waals surface area (Å²) in [7, 11) is 1.92. The molecular weight excluding hydrogens is 182 g/mol. The van der Waals surface area contributed by atoms with Crippen LogP contribution in [-0.4, -0.2) is 45.1 Å². The molecule has 1 aliphatic heterocycles. The minimum atomic E-state index is -0.952. The fourth-order valence-corrected chi connectivity index (χ4v) is 1.82. The third kappa shape index (κ3) is 1.49. The van der Waals surface area contributed by atoms with Crippen molar-refractivity contribution in [2.24, 2.45) is 7.05 Å². The average molecular weight is 197 g/mol. The highest BCUT2D eigenvalue weighted by Gasteiger charge is 2.36. The molecule has 1 aliphatic rings. The summed E-state index contributed by atoms with van der Waals surface area (Å²) < 4.78 is 1.91. The Balaban J connectivity index is 2.13. The van der Waals surface area contributed by atoms with Gasteiger partial charge in [0.1, 0.15) is 5.60 Å². The lowest BCUT2D eigenvalue weighted by Crippen LogP contribution is -2.37. The van der Waals surface area contributed by atoms with Crippen LogP contribution in [0.25, 0.3) is 0 Å². The van der Waals surface area contributed by atoms with Gasteiger partial charge in [-0.3, -0.25) is 0 Å². The first-order valence-electron chi connectivity index (χ1n) is 4.70. The van der Waals surface area contributed by atoms with Crippen molar-refractivity contribution in [1.29, 1.82) is 0 Å². The molecule has 1 fully saturated rings. The van der Waals surface area contributed by atoms with Crippen LogP contribution in [0.3, 0.4) is 0 Å². The number of aliphatic hydroxyl groups excluding tert-OH is 1. The Kier molecular flexibility index (Phi) is 2.20. The second-order valence-corrected chi connectivity index (χ2v) is 3.89. The zero-order valence-corrected chi connectivity index (χ0v) is 8.22. The molecule has 0 saturated carbocycles. The van der Waals surface area contributed by atoms with Gasteiger partial charge >= 0.3 is 0 Å². The van der Waals surface area contributed by atoms with Gasteiger partial charge in [0.2, 0.25) is 5.95 Å². The Morgan fingerprint density at radius 1 is 1.64 bits per heavy atom. The zero-order valence-electron chi connectivity index (χ0n) is 8.22. The van der Waals surface area contributed by atoms with Crippen LogP contribution in [0.2, 0.25) is 0 Å². The minimum Gasteiger partial charge on any atom is -0.393 e. The van der Waals surface area contributed by atoms with Crippen LogP contribution in [0.15, 0.2) is 12.4 Å². The first-order chi connectivity index (χ1) is 6.64. The van der Waals surface area contributed by atoms with Crippen molar-refractivity contribution < 1.29 is 10.2 Å². The van der Waals surface area contributed by atoms with E-state index in [9.17, 15) is 5.11 Å². The molecule has 2 rings (SSSR count). The number of anilines is 1. The molecule has 5 nitrogen and oxygen atoms in total. The number of rotatable bonds is 2. The highest BCUT2D eigenvalue weighted by molar-refractivity contribution is 5.34. The number of hydrogen-bond acceptors (Lipinski definition) is 4. The van der Waals surface area contributed by atoms with E-state index >= 15 is 0 Å². The van der Waals surface area contributed by atoms with Crippen LogP contribution in [0.1, 0.15) is 6.42 Å². The molecule has 0 spiro atoms. The van der Waals surface area contributed by atoms with Crippen LogP contribution >= 0.6 is 0 Å². The van der Waals surface area contributed by atoms with E-state index < -0.39 is 5.60 Å². The van der Waals surface area contributed by atoms with Crippen LogP contribution in [0, 0.1) is 0 Å².